The fourth-order valence-electron chi connectivity index (χ4n) is 4.71. The van der Waals surface area contributed by atoms with Crippen molar-refractivity contribution in [3.8, 4) is 0 Å². The maximum atomic E-state index is 15.0. The minimum absolute atomic E-state index is 0.0466. The standard InChI is InChI=1S/C21H27FN4O5/c1-14(27)23-10-16-11-26(20(29)31-16)15-3-4-18(17(22)9-15)24-7-5-21(12-24)6-8-25(13-21)19(28)30-2/h3-4,9,16H,5-8,10-13H2,1-2H3,(H,23,27). The summed E-state index contributed by atoms with van der Waals surface area (Å²) in [6.45, 7) is 4.50. The van der Waals surface area contributed by atoms with Crippen molar-refractivity contribution < 1.29 is 28.2 Å². The van der Waals surface area contributed by atoms with Crippen molar-refractivity contribution in [1.29, 1.82) is 0 Å². The van der Waals surface area contributed by atoms with Crippen molar-refractivity contribution in [2.45, 2.75) is 25.9 Å². The first-order valence-electron chi connectivity index (χ1n) is 10.4. The van der Waals surface area contributed by atoms with Gasteiger partial charge in [0.25, 0.3) is 0 Å². The molecule has 3 aliphatic rings. The molecule has 3 heterocycles. The Morgan fingerprint density at radius 1 is 1.29 bits per heavy atom. The number of ether oxygens (including phenoxy) is 2. The average molecular weight is 434 g/mol. The van der Waals surface area contributed by atoms with Gasteiger partial charge in [0.15, 0.2) is 0 Å². The van der Waals surface area contributed by atoms with Crippen molar-refractivity contribution in [1.82, 2.24) is 10.2 Å². The third-order valence-electron chi connectivity index (χ3n) is 6.35. The zero-order valence-electron chi connectivity index (χ0n) is 17.7. The van der Waals surface area contributed by atoms with Crippen LogP contribution in [0, 0.1) is 11.2 Å². The molecule has 0 saturated carbocycles. The Bertz CT molecular complexity index is 897. The molecule has 3 saturated heterocycles. The Balaban J connectivity index is 1.41. The van der Waals surface area contributed by atoms with E-state index in [1.807, 2.05) is 4.90 Å². The first-order valence-corrected chi connectivity index (χ1v) is 10.4. The first kappa shape index (κ1) is 21.2. The highest BCUT2D eigenvalue weighted by Gasteiger charge is 2.45. The minimum Gasteiger partial charge on any atom is -0.453 e. The summed E-state index contributed by atoms with van der Waals surface area (Å²) in [4.78, 5) is 40.1. The van der Waals surface area contributed by atoms with Crippen LogP contribution >= 0.6 is 0 Å². The molecule has 1 N–H and O–H groups in total. The Hall–Kier alpha value is -3.04. The third-order valence-corrected chi connectivity index (χ3v) is 6.35. The van der Waals surface area contributed by atoms with Crippen molar-refractivity contribution >= 4 is 29.5 Å². The fourth-order valence-corrected chi connectivity index (χ4v) is 4.71. The van der Waals surface area contributed by atoms with E-state index in [2.05, 4.69) is 5.32 Å². The minimum atomic E-state index is -0.559. The smallest absolute Gasteiger partial charge is 0.414 e. The van der Waals surface area contributed by atoms with E-state index in [9.17, 15) is 14.4 Å². The van der Waals surface area contributed by atoms with E-state index in [1.54, 1.807) is 17.0 Å². The maximum Gasteiger partial charge on any atom is 0.414 e. The van der Waals surface area contributed by atoms with Gasteiger partial charge in [0.1, 0.15) is 11.9 Å². The summed E-state index contributed by atoms with van der Waals surface area (Å²) >= 11 is 0. The molecule has 31 heavy (non-hydrogen) atoms. The van der Waals surface area contributed by atoms with E-state index >= 15 is 4.39 Å². The molecule has 10 heteroatoms. The number of nitrogens with zero attached hydrogens (tertiary/aromatic N) is 3. The van der Waals surface area contributed by atoms with Gasteiger partial charge >= 0.3 is 12.2 Å². The van der Waals surface area contributed by atoms with E-state index < -0.39 is 18.0 Å². The highest BCUT2D eigenvalue weighted by molar-refractivity contribution is 5.90. The molecule has 1 spiro atoms. The molecule has 3 aliphatic heterocycles. The number of amides is 3. The van der Waals surface area contributed by atoms with Crippen molar-refractivity contribution in [2.75, 3.05) is 56.2 Å². The monoisotopic (exact) mass is 434 g/mol. The number of methoxy groups -OCH3 is 1. The van der Waals surface area contributed by atoms with Gasteiger partial charge in [0.2, 0.25) is 5.91 Å². The predicted octanol–water partition coefficient (Wildman–Crippen LogP) is 1.96. The number of likely N-dealkylation sites (tertiary alicyclic amines) is 1. The molecular formula is C21H27FN4O5. The molecule has 2 atom stereocenters. The molecule has 0 aromatic heterocycles. The Labute approximate surface area is 180 Å². The normalized spacial score (nSPS) is 25.3. The van der Waals surface area contributed by atoms with Gasteiger partial charge in [0.05, 0.1) is 31.6 Å². The lowest BCUT2D eigenvalue weighted by atomic mass is 9.86. The molecule has 4 rings (SSSR count). The molecule has 9 nitrogen and oxygen atoms in total. The highest BCUT2D eigenvalue weighted by atomic mass is 19.1. The topological polar surface area (TPSA) is 91.4 Å². The number of halogens is 1. The summed E-state index contributed by atoms with van der Waals surface area (Å²) in [5.41, 5.74) is 0.859. The van der Waals surface area contributed by atoms with Gasteiger partial charge in [-0.05, 0) is 31.0 Å². The van der Waals surface area contributed by atoms with Gasteiger partial charge in [-0.3, -0.25) is 9.69 Å². The summed E-state index contributed by atoms with van der Waals surface area (Å²) in [6.07, 6.45) is 0.396. The first-order chi connectivity index (χ1) is 14.8. The summed E-state index contributed by atoms with van der Waals surface area (Å²) < 4.78 is 25.1. The molecule has 0 bridgehead atoms. The van der Waals surface area contributed by atoms with E-state index in [4.69, 9.17) is 9.47 Å². The molecule has 0 aliphatic carbocycles. The van der Waals surface area contributed by atoms with E-state index in [1.165, 1.54) is 25.0 Å². The van der Waals surface area contributed by atoms with Crippen molar-refractivity contribution in [3.05, 3.63) is 24.0 Å². The van der Waals surface area contributed by atoms with Crippen LogP contribution in [0.4, 0.5) is 25.4 Å². The van der Waals surface area contributed by atoms with Gasteiger partial charge < -0.3 is 24.6 Å². The second-order valence-electron chi connectivity index (χ2n) is 8.50. The van der Waals surface area contributed by atoms with Crippen molar-refractivity contribution in [3.63, 3.8) is 0 Å². The summed E-state index contributed by atoms with van der Waals surface area (Å²) in [5, 5.41) is 2.62. The second kappa shape index (κ2) is 8.24. The van der Waals surface area contributed by atoms with Crippen LogP contribution in [-0.4, -0.2) is 75.5 Å². The lowest BCUT2D eigenvalue weighted by molar-refractivity contribution is -0.119. The number of hydrogen-bond donors (Lipinski definition) is 1. The fraction of sp³-hybridized carbons (Fsp3) is 0.571. The van der Waals surface area contributed by atoms with Gasteiger partial charge in [-0.15, -0.1) is 0 Å². The number of benzene rings is 1. The van der Waals surface area contributed by atoms with Gasteiger partial charge in [0, 0.05) is 38.5 Å². The van der Waals surface area contributed by atoms with E-state index in [0.717, 1.165) is 12.8 Å². The molecule has 1 aromatic rings. The number of cyclic esters (lactones) is 1. The van der Waals surface area contributed by atoms with Gasteiger partial charge in [-0.25, -0.2) is 14.0 Å². The SMILES string of the molecule is COC(=O)N1CCC2(CCN(c3ccc(N4CC(CNC(C)=O)OC4=O)cc3F)C2)C1. The molecule has 1 aromatic carbocycles. The Kier molecular flexibility index (Phi) is 5.63. The number of hydrogen-bond acceptors (Lipinski definition) is 6. The number of rotatable bonds is 4. The number of anilines is 2. The van der Waals surface area contributed by atoms with E-state index in [-0.39, 0.29) is 30.5 Å². The average Bonchev–Trinajstić information content (AvgIpc) is 3.45. The number of carbonyl (C=O) groups is 3. The van der Waals surface area contributed by atoms with Gasteiger partial charge in [-0.2, -0.15) is 0 Å². The zero-order valence-corrected chi connectivity index (χ0v) is 17.7. The van der Waals surface area contributed by atoms with Crippen LogP contribution in [0.2, 0.25) is 0 Å². The lowest BCUT2D eigenvalue weighted by Gasteiger charge is -2.26. The quantitative estimate of drug-likeness (QED) is 0.779. The van der Waals surface area contributed by atoms with Crippen LogP contribution in [0.3, 0.4) is 0 Å². The molecule has 2 unspecified atom stereocenters. The maximum absolute atomic E-state index is 15.0. The summed E-state index contributed by atoms with van der Waals surface area (Å²) in [7, 11) is 1.38. The van der Waals surface area contributed by atoms with Crippen LogP contribution in [-0.2, 0) is 14.3 Å². The Morgan fingerprint density at radius 3 is 2.77 bits per heavy atom. The highest BCUT2D eigenvalue weighted by Crippen LogP contribution is 2.42. The second-order valence-corrected chi connectivity index (χ2v) is 8.50. The number of carbonyl (C=O) groups excluding carboxylic acids is 3. The summed E-state index contributed by atoms with van der Waals surface area (Å²) in [5.74, 6) is -0.610. The molecule has 0 radical (unpaired) electrons. The zero-order chi connectivity index (χ0) is 22.2. The predicted molar refractivity (Wildman–Crippen MR) is 111 cm³/mol. The Morgan fingerprint density at radius 2 is 2.06 bits per heavy atom. The third kappa shape index (κ3) is 4.24. The van der Waals surface area contributed by atoms with E-state index in [0.29, 0.717) is 37.6 Å². The molecule has 3 fully saturated rings. The van der Waals surface area contributed by atoms with Crippen LogP contribution in [0.15, 0.2) is 18.2 Å². The number of nitrogens with one attached hydrogen (secondary N) is 1. The lowest BCUT2D eigenvalue weighted by Crippen LogP contribution is -2.34. The van der Waals surface area contributed by atoms with Crippen LogP contribution < -0.4 is 15.1 Å². The van der Waals surface area contributed by atoms with Crippen LogP contribution in [0.1, 0.15) is 19.8 Å². The summed E-state index contributed by atoms with van der Waals surface area (Å²) in [6, 6.07) is 4.74. The van der Waals surface area contributed by atoms with Crippen LogP contribution in [0.5, 0.6) is 0 Å². The van der Waals surface area contributed by atoms with Crippen molar-refractivity contribution in [2.24, 2.45) is 5.41 Å². The van der Waals surface area contributed by atoms with Crippen LogP contribution in [0.25, 0.3) is 0 Å². The molecular weight excluding hydrogens is 407 g/mol. The largest absolute Gasteiger partial charge is 0.453 e. The molecule has 168 valence electrons. The molecule has 3 amide bonds. The van der Waals surface area contributed by atoms with Gasteiger partial charge in [-0.1, -0.05) is 0 Å².